The number of nitrogens with one attached hydrogen (secondary N) is 1. The highest BCUT2D eigenvalue weighted by atomic mass is 32.2. The number of ether oxygens (including phenoxy) is 1. The molecule has 38 heavy (non-hydrogen) atoms. The molecule has 202 valence electrons. The fourth-order valence-corrected chi connectivity index (χ4v) is 5.67. The third kappa shape index (κ3) is 5.96. The van der Waals surface area contributed by atoms with E-state index in [9.17, 15) is 31.4 Å². The Morgan fingerprint density at radius 1 is 1.39 bits per heavy atom. The van der Waals surface area contributed by atoms with E-state index in [0.29, 0.717) is 5.56 Å². The molecule has 3 rings (SSSR count). The van der Waals surface area contributed by atoms with Crippen LogP contribution in [0.2, 0.25) is 0 Å². The van der Waals surface area contributed by atoms with Gasteiger partial charge in [-0.3, -0.25) is 4.79 Å². The van der Waals surface area contributed by atoms with E-state index >= 15 is 0 Å². The number of aliphatic imine (C=N–C) groups is 1. The van der Waals surface area contributed by atoms with Gasteiger partial charge < -0.3 is 15.8 Å². The molecule has 1 aliphatic heterocycles. The van der Waals surface area contributed by atoms with Gasteiger partial charge in [-0.05, 0) is 37.6 Å². The molecule has 3 N–H and O–H groups in total. The number of alkyl halides is 3. The number of pyridine rings is 2. The molecule has 0 radical (unpaired) electrons. The highest BCUT2D eigenvalue weighted by molar-refractivity contribution is 7.92. The predicted octanol–water partition coefficient (Wildman–Crippen LogP) is 2.61. The topological polar surface area (TPSA) is 176 Å². The van der Waals surface area contributed by atoms with Gasteiger partial charge in [0.05, 0.1) is 11.3 Å². The van der Waals surface area contributed by atoms with Crippen molar-refractivity contribution in [1.29, 1.82) is 5.26 Å². The van der Waals surface area contributed by atoms with E-state index in [-0.39, 0.29) is 21.4 Å². The zero-order valence-corrected chi connectivity index (χ0v) is 20.9. The summed E-state index contributed by atoms with van der Waals surface area (Å²) < 4.78 is 76.5. The Morgan fingerprint density at radius 3 is 2.63 bits per heavy atom. The van der Waals surface area contributed by atoms with Crippen molar-refractivity contribution < 1.29 is 36.1 Å². The molecule has 2 aromatic heterocycles. The van der Waals surface area contributed by atoms with Crippen LogP contribution in [0.15, 0.2) is 33.8 Å². The highest BCUT2D eigenvalue weighted by Gasteiger charge is 2.48. The largest absolute Gasteiger partial charge is 0.412 e. The minimum atomic E-state index is -4.91. The van der Waals surface area contributed by atoms with Gasteiger partial charge in [0.15, 0.2) is 0 Å². The van der Waals surface area contributed by atoms with E-state index in [2.05, 4.69) is 29.4 Å². The number of hydrogen-bond acceptors (Lipinski definition) is 9. The normalized spacial score (nSPS) is 21.2. The molecule has 0 saturated carbocycles. The zero-order valence-electron chi connectivity index (χ0n) is 20.0. The molecular formula is C21H20F4N8O4S. The van der Waals surface area contributed by atoms with Gasteiger partial charge in [0.25, 0.3) is 5.91 Å². The Kier molecular flexibility index (Phi) is 7.58. The standard InChI is InChI=1S/C21H20F4N8O4S/c1-11-6-12(7-26)8-29-15(11)17(34)31-14-5-4-13(22)16(30-14)20(2)10-38(36,28-3)33(9-21(23,24)25)19(32-20)37-18(27)35/h4-6,8H,9-10H2,1-3H3,(H2,27,35)(H,30,31,34). The number of hydrogen-bond donors (Lipinski definition) is 2. The number of nitriles is 1. The van der Waals surface area contributed by atoms with Gasteiger partial charge in [0.2, 0.25) is 0 Å². The summed E-state index contributed by atoms with van der Waals surface area (Å²) in [6.45, 7) is 0.882. The van der Waals surface area contributed by atoms with Crippen molar-refractivity contribution in [3.8, 4) is 6.07 Å². The summed E-state index contributed by atoms with van der Waals surface area (Å²) in [7, 11) is -3.04. The van der Waals surface area contributed by atoms with Crippen molar-refractivity contribution in [3.05, 3.63) is 52.7 Å². The second-order valence-corrected chi connectivity index (χ2v) is 10.5. The van der Waals surface area contributed by atoms with Crippen LogP contribution >= 0.6 is 0 Å². The number of halogens is 4. The van der Waals surface area contributed by atoms with Gasteiger partial charge in [0.1, 0.15) is 51.1 Å². The molecule has 0 spiro atoms. The summed E-state index contributed by atoms with van der Waals surface area (Å²) in [5.41, 5.74) is 3.00. The second kappa shape index (κ2) is 10.2. The van der Waals surface area contributed by atoms with Crippen LogP contribution in [0.3, 0.4) is 0 Å². The fourth-order valence-electron chi connectivity index (χ4n) is 3.58. The Hall–Kier alpha value is -4.33. The molecular weight excluding hydrogens is 536 g/mol. The first-order valence-electron chi connectivity index (χ1n) is 10.5. The minimum absolute atomic E-state index is 0.0497. The number of aryl methyl sites for hydroxylation is 1. The molecule has 3 heterocycles. The van der Waals surface area contributed by atoms with Crippen molar-refractivity contribution in [2.75, 3.05) is 24.7 Å². The Bertz CT molecular complexity index is 1500. The van der Waals surface area contributed by atoms with Gasteiger partial charge in [-0.15, -0.1) is 0 Å². The third-order valence-electron chi connectivity index (χ3n) is 5.19. The maximum Gasteiger partial charge on any atom is 0.412 e. The Balaban J connectivity index is 2.08. The lowest BCUT2D eigenvalue weighted by atomic mass is 10.00. The number of amidine groups is 1. The van der Waals surface area contributed by atoms with Crippen LogP contribution in [-0.2, 0) is 20.2 Å². The lowest BCUT2D eigenvalue weighted by Gasteiger charge is -2.38. The fraction of sp³-hybridized carbons (Fsp3) is 0.333. The second-order valence-electron chi connectivity index (χ2n) is 8.16. The Morgan fingerprint density at radius 2 is 2.08 bits per heavy atom. The van der Waals surface area contributed by atoms with Crippen molar-refractivity contribution in [3.63, 3.8) is 0 Å². The number of carbonyl (C=O) groups is 2. The highest BCUT2D eigenvalue weighted by Crippen LogP contribution is 2.36. The molecule has 0 fully saturated rings. The predicted molar refractivity (Wildman–Crippen MR) is 125 cm³/mol. The van der Waals surface area contributed by atoms with Crippen LogP contribution < -0.4 is 11.1 Å². The zero-order chi connectivity index (χ0) is 28.5. The first kappa shape index (κ1) is 28.2. The van der Waals surface area contributed by atoms with Crippen LogP contribution in [0.25, 0.3) is 0 Å². The first-order valence-corrected chi connectivity index (χ1v) is 12.1. The molecule has 1 aliphatic rings. The van der Waals surface area contributed by atoms with Gasteiger partial charge >= 0.3 is 18.3 Å². The first-order chi connectivity index (χ1) is 17.6. The lowest BCUT2D eigenvalue weighted by Crippen LogP contribution is -2.53. The molecule has 0 bridgehead atoms. The monoisotopic (exact) mass is 556 g/mol. The summed E-state index contributed by atoms with van der Waals surface area (Å²) in [5, 5.41) is 11.4. The van der Waals surface area contributed by atoms with Crippen LogP contribution in [0.1, 0.15) is 34.2 Å². The minimum Gasteiger partial charge on any atom is -0.375 e. The van der Waals surface area contributed by atoms with Crippen molar-refractivity contribution >= 4 is 33.8 Å². The molecule has 2 amide bonds. The number of primary amides is 1. The smallest absolute Gasteiger partial charge is 0.375 e. The SMILES string of the molecule is CN=S1(=O)CC(C)(c2nc(NC(=O)c3ncc(C#N)cc3C)ccc2F)N=C(OC(N)=O)N1CC(F)(F)F. The number of nitrogens with two attached hydrogens (primary N) is 1. The lowest BCUT2D eigenvalue weighted by molar-refractivity contribution is -0.131. The van der Waals surface area contributed by atoms with Gasteiger partial charge in [0, 0.05) is 13.2 Å². The number of carbonyl (C=O) groups excluding carboxylic acids is 2. The summed E-state index contributed by atoms with van der Waals surface area (Å²) in [4.78, 5) is 36.0. The maximum absolute atomic E-state index is 15.0. The van der Waals surface area contributed by atoms with E-state index in [1.54, 1.807) is 6.92 Å². The van der Waals surface area contributed by atoms with E-state index in [1.165, 1.54) is 19.2 Å². The maximum atomic E-state index is 15.0. The molecule has 0 saturated heterocycles. The molecule has 2 atom stereocenters. The van der Waals surface area contributed by atoms with Crippen LogP contribution in [-0.4, -0.2) is 62.0 Å². The molecule has 17 heteroatoms. The summed E-state index contributed by atoms with van der Waals surface area (Å²) in [6, 6.07) is 4.23. The number of aromatic nitrogens is 2. The van der Waals surface area contributed by atoms with E-state index in [1.807, 2.05) is 6.07 Å². The van der Waals surface area contributed by atoms with Crippen molar-refractivity contribution in [2.45, 2.75) is 25.6 Å². The molecule has 0 aromatic carbocycles. The summed E-state index contributed by atoms with van der Waals surface area (Å²) in [5.74, 6) is -2.75. The van der Waals surface area contributed by atoms with Crippen LogP contribution in [0.5, 0.6) is 0 Å². The van der Waals surface area contributed by atoms with Crippen molar-refractivity contribution in [1.82, 2.24) is 14.3 Å². The molecule has 12 nitrogen and oxygen atoms in total. The van der Waals surface area contributed by atoms with Gasteiger partial charge in [-0.2, -0.15) is 18.4 Å². The van der Waals surface area contributed by atoms with Crippen LogP contribution in [0, 0.1) is 24.1 Å². The van der Waals surface area contributed by atoms with Crippen molar-refractivity contribution in [2.24, 2.45) is 15.1 Å². The average Bonchev–Trinajstić information content (AvgIpc) is 2.81. The third-order valence-corrected chi connectivity index (χ3v) is 7.67. The van der Waals surface area contributed by atoms with E-state index in [4.69, 9.17) is 11.0 Å². The summed E-state index contributed by atoms with van der Waals surface area (Å²) >= 11 is 0. The number of rotatable bonds is 4. The van der Waals surface area contributed by atoms with Gasteiger partial charge in [-0.25, -0.2) is 37.0 Å². The molecule has 2 aromatic rings. The molecule has 0 aliphatic carbocycles. The average molecular weight is 557 g/mol. The number of amides is 2. The summed E-state index contributed by atoms with van der Waals surface area (Å²) in [6.07, 6.45) is -5.28. The quantitative estimate of drug-likeness (QED) is 0.544. The Labute approximate surface area is 213 Å². The van der Waals surface area contributed by atoms with Crippen LogP contribution in [0.4, 0.5) is 28.2 Å². The van der Waals surface area contributed by atoms with E-state index < -0.39 is 63.5 Å². The number of anilines is 1. The number of nitrogens with zero attached hydrogens (tertiary/aromatic N) is 6. The molecule has 2 unspecified atom stereocenters. The van der Waals surface area contributed by atoms with Gasteiger partial charge in [-0.1, -0.05) is 0 Å². The van der Waals surface area contributed by atoms with E-state index in [0.717, 1.165) is 19.2 Å².